The molecule has 5 aromatic rings. The molecular weight excluding hydrogens is 757 g/mol. The van der Waals surface area contributed by atoms with E-state index < -0.39 is 0 Å². The van der Waals surface area contributed by atoms with Gasteiger partial charge in [-0.05, 0) is 168 Å². The van der Waals surface area contributed by atoms with Crippen molar-refractivity contribution < 1.29 is 0 Å². The standard InChI is InChI=1S/C56H64N6/c1-5-13-45(14-6-1)49-29-41(33-57-37-49)21-25-53-54(26-22-42-30-50(38-58-34-42)46-15-7-2-8-16-46)62-56(28-24-44-32-52(40-60-36-44)48-19-11-4-12-20-48)55(61-53)27-23-43-31-51(39-59-35-43)47-17-9-3-10-18-47/h21-40,45-48H,1-20H2. The Hall–Kier alpha value is -5.36. The molecule has 0 N–H and O–H groups in total. The zero-order chi connectivity index (χ0) is 41.8. The lowest BCUT2D eigenvalue weighted by molar-refractivity contribution is 0.443. The monoisotopic (exact) mass is 821 g/mol. The van der Waals surface area contributed by atoms with Crippen LogP contribution in [0.4, 0.5) is 0 Å². The van der Waals surface area contributed by atoms with Crippen molar-refractivity contribution in [3.63, 3.8) is 0 Å². The van der Waals surface area contributed by atoms with Gasteiger partial charge in [-0.1, -0.05) is 101 Å². The third kappa shape index (κ3) is 11.2. The summed E-state index contributed by atoms with van der Waals surface area (Å²) in [6, 6.07) is 9.30. The van der Waals surface area contributed by atoms with E-state index in [0.29, 0.717) is 23.7 Å². The van der Waals surface area contributed by atoms with Gasteiger partial charge < -0.3 is 0 Å². The largest absolute Gasteiger partial charge is 0.264 e. The smallest absolute Gasteiger partial charge is 0.0894 e. The lowest BCUT2D eigenvalue weighted by Gasteiger charge is -2.21. The van der Waals surface area contributed by atoms with Crippen molar-refractivity contribution in [1.29, 1.82) is 0 Å². The Kier molecular flexibility index (Phi) is 14.3. The molecule has 0 bridgehead atoms. The number of aromatic nitrogens is 6. The van der Waals surface area contributed by atoms with Gasteiger partial charge in [-0.2, -0.15) is 0 Å². The maximum absolute atomic E-state index is 5.42. The average Bonchev–Trinajstić information content (AvgIpc) is 3.35. The molecule has 0 aliphatic heterocycles. The fourth-order valence-corrected chi connectivity index (χ4v) is 10.6. The van der Waals surface area contributed by atoms with Crippen molar-refractivity contribution in [2.24, 2.45) is 0 Å². The molecular formula is C56H64N6. The molecule has 6 heteroatoms. The lowest BCUT2D eigenvalue weighted by Crippen LogP contribution is -2.05. The molecule has 0 unspecified atom stereocenters. The first-order valence-corrected chi connectivity index (χ1v) is 24.1. The van der Waals surface area contributed by atoms with Gasteiger partial charge >= 0.3 is 0 Å². The first kappa shape index (κ1) is 42.0. The molecule has 6 nitrogen and oxygen atoms in total. The highest BCUT2D eigenvalue weighted by molar-refractivity contribution is 5.81. The molecule has 4 aliphatic rings. The molecule has 4 saturated carbocycles. The van der Waals surface area contributed by atoms with E-state index in [4.69, 9.17) is 29.9 Å². The predicted octanol–water partition coefficient (Wildman–Crippen LogP) is 14.9. The normalized spacial score (nSPS) is 19.1. The summed E-state index contributed by atoms with van der Waals surface area (Å²) in [5, 5.41) is 0. The topological polar surface area (TPSA) is 77.3 Å². The zero-order valence-corrected chi connectivity index (χ0v) is 36.7. The second-order valence-corrected chi connectivity index (χ2v) is 18.6. The molecule has 0 spiro atoms. The molecule has 9 rings (SSSR count). The summed E-state index contributed by atoms with van der Waals surface area (Å²) < 4.78 is 0. The molecule has 0 radical (unpaired) electrons. The summed E-state index contributed by atoms with van der Waals surface area (Å²) in [6.07, 6.45) is 59.0. The Bertz CT molecular complexity index is 2040. The molecule has 4 fully saturated rings. The van der Waals surface area contributed by atoms with Crippen molar-refractivity contribution >= 4 is 48.6 Å². The quantitative estimate of drug-likeness (QED) is 0.125. The fourth-order valence-electron chi connectivity index (χ4n) is 10.6. The van der Waals surface area contributed by atoms with Crippen molar-refractivity contribution in [3.8, 4) is 0 Å². The maximum Gasteiger partial charge on any atom is 0.0894 e. The number of hydrogen-bond acceptors (Lipinski definition) is 6. The summed E-state index contributed by atoms with van der Waals surface area (Å²) in [6.45, 7) is 0. The Morgan fingerprint density at radius 3 is 0.726 bits per heavy atom. The van der Waals surface area contributed by atoms with Crippen LogP contribution in [0.15, 0.2) is 73.8 Å². The maximum atomic E-state index is 5.42. The van der Waals surface area contributed by atoms with Gasteiger partial charge in [-0.3, -0.25) is 19.9 Å². The Morgan fingerprint density at radius 2 is 0.500 bits per heavy atom. The van der Waals surface area contributed by atoms with E-state index in [1.807, 2.05) is 24.8 Å². The average molecular weight is 821 g/mol. The van der Waals surface area contributed by atoms with E-state index in [9.17, 15) is 0 Å². The second kappa shape index (κ2) is 21.1. The third-order valence-electron chi connectivity index (χ3n) is 14.2. The van der Waals surface area contributed by atoms with Crippen LogP contribution in [0.5, 0.6) is 0 Å². The van der Waals surface area contributed by atoms with E-state index in [1.54, 1.807) is 0 Å². The highest BCUT2D eigenvalue weighted by Gasteiger charge is 2.19. The first-order chi connectivity index (χ1) is 30.7. The van der Waals surface area contributed by atoms with Crippen molar-refractivity contribution in [2.75, 3.05) is 0 Å². The molecule has 0 atom stereocenters. The van der Waals surface area contributed by atoms with Gasteiger partial charge in [0, 0.05) is 49.6 Å². The minimum Gasteiger partial charge on any atom is -0.264 e. The van der Waals surface area contributed by atoms with Crippen LogP contribution in [-0.4, -0.2) is 29.9 Å². The molecule has 5 heterocycles. The minimum absolute atomic E-state index is 0.591. The molecule has 4 aliphatic carbocycles. The summed E-state index contributed by atoms with van der Waals surface area (Å²) >= 11 is 0. The molecule has 0 saturated heterocycles. The molecule has 5 aromatic heterocycles. The molecule has 0 aromatic carbocycles. The van der Waals surface area contributed by atoms with E-state index in [-0.39, 0.29) is 0 Å². The van der Waals surface area contributed by atoms with Crippen LogP contribution in [0, 0.1) is 0 Å². The number of pyridine rings is 4. The summed E-state index contributed by atoms with van der Waals surface area (Å²) in [4.78, 5) is 29.7. The van der Waals surface area contributed by atoms with Gasteiger partial charge in [0.15, 0.2) is 0 Å². The van der Waals surface area contributed by atoms with Gasteiger partial charge in [0.2, 0.25) is 0 Å². The molecule has 62 heavy (non-hydrogen) atoms. The van der Waals surface area contributed by atoms with Crippen molar-refractivity contribution in [2.45, 2.75) is 152 Å². The number of hydrogen-bond donors (Lipinski definition) is 0. The van der Waals surface area contributed by atoms with Gasteiger partial charge in [0.05, 0.1) is 22.8 Å². The molecule has 318 valence electrons. The minimum atomic E-state index is 0.591. The Morgan fingerprint density at radius 1 is 0.274 bits per heavy atom. The SMILES string of the molecule is C(=Cc1nc(C=Cc2cncc(C3CCCCC3)c2)c(C=Cc2cncc(C3CCCCC3)c2)nc1C=Cc1cncc(C2CCCCC2)c1)c1cncc(C2CCCCC2)c1. The fraction of sp³-hybridized carbons (Fsp3) is 0.429. The van der Waals surface area contributed by atoms with Crippen molar-refractivity contribution in [1.82, 2.24) is 29.9 Å². The summed E-state index contributed by atoms with van der Waals surface area (Å²) in [5.41, 5.74) is 13.0. The molecule has 0 amide bonds. The first-order valence-electron chi connectivity index (χ1n) is 24.1. The second-order valence-electron chi connectivity index (χ2n) is 18.6. The van der Waals surface area contributed by atoms with E-state index in [1.165, 1.54) is 151 Å². The van der Waals surface area contributed by atoms with Crippen molar-refractivity contribution in [3.05, 3.63) is 141 Å². The summed E-state index contributed by atoms with van der Waals surface area (Å²) in [5.74, 6) is 2.36. The number of nitrogens with zero attached hydrogens (tertiary/aromatic N) is 6. The highest BCUT2D eigenvalue weighted by Crippen LogP contribution is 2.36. The van der Waals surface area contributed by atoms with Crippen LogP contribution in [0.1, 0.15) is 219 Å². The van der Waals surface area contributed by atoms with Gasteiger partial charge in [-0.25, -0.2) is 9.97 Å². The number of rotatable bonds is 12. The van der Waals surface area contributed by atoms with Crippen LogP contribution in [0.25, 0.3) is 48.6 Å². The Labute approximate surface area is 370 Å². The summed E-state index contributed by atoms with van der Waals surface area (Å²) in [7, 11) is 0. The van der Waals surface area contributed by atoms with Gasteiger partial charge in [-0.15, -0.1) is 0 Å². The highest BCUT2D eigenvalue weighted by atomic mass is 14.8. The van der Waals surface area contributed by atoms with E-state index >= 15 is 0 Å². The third-order valence-corrected chi connectivity index (χ3v) is 14.2. The zero-order valence-electron chi connectivity index (χ0n) is 36.7. The van der Waals surface area contributed by atoms with Gasteiger partial charge in [0.25, 0.3) is 0 Å². The van der Waals surface area contributed by atoms with E-state index in [2.05, 4.69) is 97.7 Å². The lowest BCUT2D eigenvalue weighted by atomic mass is 9.84. The van der Waals surface area contributed by atoms with Gasteiger partial charge in [0.1, 0.15) is 0 Å². The predicted molar refractivity (Wildman–Crippen MR) is 258 cm³/mol. The van der Waals surface area contributed by atoms with Crippen LogP contribution in [0.3, 0.4) is 0 Å². The van der Waals surface area contributed by atoms with Crippen LogP contribution in [-0.2, 0) is 0 Å². The Balaban J connectivity index is 1.10. The van der Waals surface area contributed by atoms with Crippen LogP contribution in [0.2, 0.25) is 0 Å². The van der Waals surface area contributed by atoms with Crippen LogP contribution < -0.4 is 0 Å². The van der Waals surface area contributed by atoms with Crippen LogP contribution >= 0.6 is 0 Å². The van der Waals surface area contributed by atoms with E-state index in [0.717, 1.165) is 45.0 Å².